The highest BCUT2D eigenvalue weighted by atomic mass is 16.5. The van der Waals surface area contributed by atoms with Gasteiger partial charge in [0.2, 0.25) is 0 Å². The number of carbonyl (C=O) groups is 2. The minimum atomic E-state index is -1.10. The predicted molar refractivity (Wildman–Crippen MR) is 115 cm³/mol. The molecule has 0 atom stereocenters. The quantitative estimate of drug-likeness (QED) is 0.736. The highest BCUT2D eigenvalue weighted by Gasteiger charge is 2.26. The molecule has 0 radical (unpaired) electrons. The molecule has 158 valence electrons. The van der Waals surface area contributed by atoms with Gasteiger partial charge in [0.25, 0.3) is 0 Å². The van der Waals surface area contributed by atoms with Crippen LogP contribution in [-0.4, -0.2) is 46.9 Å². The zero-order valence-corrected chi connectivity index (χ0v) is 17.6. The maximum absolute atomic E-state index is 11.6. The van der Waals surface area contributed by atoms with E-state index in [9.17, 15) is 14.7 Å². The van der Waals surface area contributed by atoms with Gasteiger partial charge in [-0.3, -0.25) is 0 Å². The smallest absolute Gasteiger partial charge is 0.407 e. The van der Waals surface area contributed by atoms with Gasteiger partial charge in [-0.1, -0.05) is 30.3 Å². The summed E-state index contributed by atoms with van der Waals surface area (Å²) in [5, 5.41) is 18.7. The van der Waals surface area contributed by atoms with Crippen molar-refractivity contribution in [2.45, 2.75) is 33.6 Å². The summed E-state index contributed by atoms with van der Waals surface area (Å²) >= 11 is 0. The first kappa shape index (κ1) is 21.4. The Morgan fingerprint density at radius 3 is 2.40 bits per heavy atom. The molecule has 0 aromatic heterocycles. The monoisotopic (exact) mass is 409 g/mol. The van der Waals surface area contributed by atoms with Crippen LogP contribution in [0.3, 0.4) is 0 Å². The zero-order chi connectivity index (χ0) is 21.8. The third kappa shape index (κ3) is 4.82. The van der Waals surface area contributed by atoms with E-state index in [1.807, 2.05) is 24.3 Å². The van der Waals surface area contributed by atoms with Gasteiger partial charge in [0.1, 0.15) is 5.75 Å². The molecule has 6 nitrogen and oxygen atoms in total. The highest BCUT2D eigenvalue weighted by Crippen LogP contribution is 2.28. The van der Waals surface area contributed by atoms with Gasteiger partial charge in [-0.25, -0.2) is 9.59 Å². The van der Waals surface area contributed by atoms with Crippen LogP contribution in [0.5, 0.6) is 5.75 Å². The number of carboxylic acid groups (broad SMARTS) is 2. The molecule has 2 aromatic carbocycles. The van der Waals surface area contributed by atoms with Crippen LogP contribution >= 0.6 is 0 Å². The Hall–Kier alpha value is -3.28. The summed E-state index contributed by atoms with van der Waals surface area (Å²) < 4.78 is 5.98. The van der Waals surface area contributed by atoms with E-state index in [0.29, 0.717) is 25.1 Å². The number of carboxylic acids is 1. The summed E-state index contributed by atoms with van der Waals surface area (Å²) in [7, 11) is 0. The van der Waals surface area contributed by atoms with Crippen LogP contribution in [0.4, 0.5) is 4.79 Å². The van der Waals surface area contributed by atoms with Crippen molar-refractivity contribution in [2.75, 3.05) is 19.7 Å². The van der Waals surface area contributed by atoms with Crippen LogP contribution in [0.1, 0.15) is 34.2 Å². The second kappa shape index (κ2) is 9.03. The molecular formula is C24H27NO5. The van der Waals surface area contributed by atoms with Crippen LogP contribution in [0.25, 0.3) is 5.57 Å². The topological polar surface area (TPSA) is 87.1 Å². The first-order valence-corrected chi connectivity index (χ1v) is 9.99. The fourth-order valence-corrected chi connectivity index (χ4v) is 3.74. The lowest BCUT2D eigenvalue weighted by Gasteiger charge is -2.27. The van der Waals surface area contributed by atoms with Crippen molar-refractivity contribution in [1.29, 1.82) is 0 Å². The van der Waals surface area contributed by atoms with E-state index in [0.717, 1.165) is 33.8 Å². The minimum Gasteiger partial charge on any atom is -0.493 e. The maximum Gasteiger partial charge on any atom is 0.407 e. The molecule has 0 unspecified atom stereocenters. The van der Waals surface area contributed by atoms with Gasteiger partial charge in [0.15, 0.2) is 0 Å². The number of nitrogens with zero attached hydrogens (tertiary/aromatic N) is 1. The van der Waals surface area contributed by atoms with Gasteiger partial charge in [-0.2, -0.15) is 0 Å². The largest absolute Gasteiger partial charge is 0.493 e. The number of rotatable bonds is 6. The third-order valence-electron chi connectivity index (χ3n) is 5.59. The number of aryl methyl sites for hydroxylation is 2. The van der Waals surface area contributed by atoms with E-state index >= 15 is 0 Å². The van der Waals surface area contributed by atoms with Crippen LogP contribution in [-0.2, 0) is 11.2 Å². The van der Waals surface area contributed by atoms with Crippen LogP contribution in [0, 0.1) is 20.8 Å². The standard InChI is InChI=1S/C24H27NO5/c1-15-12-16(2)17(3)22(13-15)30-11-9-18-4-6-19(7-5-18)20-8-10-25(24(28)29)14-21(20)23(26)27/h4-7,12-13H,8-11,14H2,1-3H3,(H,26,27)(H,28,29). The molecule has 1 aliphatic heterocycles. The SMILES string of the molecule is Cc1cc(C)c(C)c(OCCc2ccc(C3=C(C(=O)O)CN(C(=O)O)CC3)cc2)c1. The molecule has 2 aromatic rings. The fraction of sp³-hybridized carbons (Fsp3) is 0.333. The van der Waals surface area contributed by atoms with Gasteiger partial charge in [0.05, 0.1) is 18.7 Å². The van der Waals surface area contributed by atoms with Crippen LogP contribution in [0.15, 0.2) is 42.0 Å². The average molecular weight is 409 g/mol. The van der Waals surface area contributed by atoms with E-state index in [-0.39, 0.29) is 12.1 Å². The molecule has 30 heavy (non-hydrogen) atoms. The Bertz CT molecular complexity index is 991. The van der Waals surface area contributed by atoms with Gasteiger partial charge in [-0.05, 0) is 66.6 Å². The predicted octanol–water partition coefficient (Wildman–Crippen LogP) is 4.46. The molecule has 1 heterocycles. The number of benzene rings is 2. The first-order valence-electron chi connectivity index (χ1n) is 9.99. The molecule has 0 aliphatic carbocycles. The zero-order valence-electron chi connectivity index (χ0n) is 17.6. The third-order valence-corrected chi connectivity index (χ3v) is 5.59. The van der Waals surface area contributed by atoms with Crippen molar-refractivity contribution in [3.63, 3.8) is 0 Å². The number of hydrogen-bond acceptors (Lipinski definition) is 3. The van der Waals surface area contributed by atoms with Crippen molar-refractivity contribution in [3.8, 4) is 5.75 Å². The summed E-state index contributed by atoms with van der Waals surface area (Å²) in [6.07, 6.45) is 0.0365. The van der Waals surface area contributed by atoms with E-state index in [1.54, 1.807) is 0 Å². The van der Waals surface area contributed by atoms with E-state index in [1.165, 1.54) is 11.1 Å². The van der Waals surface area contributed by atoms with Crippen molar-refractivity contribution >= 4 is 17.6 Å². The molecule has 0 bridgehead atoms. The van der Waals surface area contributed by atoms with Crippen molar-refractivity contribution < 1.29 is 24.5 Å². The number of hydrogen-bond donors (Lipinski definition) is 2. The minimum absolute atomic E-state index is 0.0924. The van der Waals surface area contributed by atoms with Gasteiger partial charge in [0, 0.05) is 13.0 Å². The molecule has 0 saturated heterocycles. The van der Waals surface area contributed by atoms with Crippen molar-refractivity contribution in [1.82, 2.24) is 4.90 Å². The molecule has 0 saturated carbocycles. The molecule has 6 heteroatoms. The molecular weight excluding hydrogens is 382 g/mol. The first-order chi connectivity index (χ1) is 14.3. The van der Waals surface area contributed by atoms with E-state index < -0.39 is 12.1 Å². The van der Waals surface area contributed by atoms with Gasteiger partial charge in [-0.15, -0.1) is 0 Å². The Balaban J connectivity index is 1.68. The second-order valence-electron chi connectivity index (χ2n) is 7.72. The van der Waals surface area contributed by atoms with Gasteiger partial charge >= 0.3 is 12.1 Å². The van der Waals surface area contributed by atoms with Gasteiger partial charge < -0.3 is 19.8 Å². The molecule has 0 spiro atoms. The molecule has 1 amide bonds. The molecule has 2 N–H and O–H groups in total. The highest BCUT2D eigenvalue weighted by molar-refractivity contribution is 5.98. The van der Waals surface area contributed by atoms with Crippen molar-refractivity contribution in [3.05, 3.63) is 69.8 Å². The van der Waals surface area contributed by atoms with E-state index in [2.05, 4.69) is 32.9 Å². The fourth-order valence-electron chi connectivity index (χ4n) is 3.74. The summed E-state index contributed by atoms with van der Waals surface area (Å²) in [6.45, 7) is 6.95. The second-order valence-corrected chi connectivity index (χ2v) is 7.72. The summed E-state index contributed by atoms with van der Waals surface area (Å²) in [5.74, 6) is -0.164. The summed E-state index contributed by atoms with van der Waals surface area (Å²) in [5.41, 5.74) is 6.31. The lowest BCUT2D eigenvalue weighted by molar-refractivity contribution is -0.132. The Morgan fingerprint density at radius 1 is 1.07 bits per heavy atom. The normalized spacial score (nSPS) is 14.0. The lowest BCUT2D eigenvalue weighted by Crippen LogP contribution is -2.37. The molecule has 1 aliphatic rings. The summed E-state index contributed by atoms with van der Waals surface area (Å²) in [4.78, 5) is 23.9. The van der Waals surface area contributed by atoms with Crippen LogP contribution < -0.4 is 4.74 Å². The van der Waals surface area contributed by atoms with E-state index in [4.69, 9.17) is 9.84 Å². The summed E-state index contributed by atoms with van der Waals surface area (Å²) in [6, 6.07) is 12.0. The van der Waals surface area contributed by atoms with Crippen LogP contribution in [0.2, 0.25) is 0 Å². The number of aliphatic carboxylic acids is 1. The Labute approximate surface area is 176 Å². The Morgan fingerprint density at radius 2 is 1.77 bits per heavy atom. The number of amides is 1. The lowest BCUT2D eigenvalue weighted by atomic mass is 9.92. The van der Waals surface area contributed by atoms with Crippen molar-refractivity contribution in [2.24, 2.45) is 0 Å². The Kier molecular flexibility index (Phi) is 6.45. The molecule has 0 fully saturated rings. The maximum atomic E-state index is 11.6. The molecule has 3 rings (SSSR count). The average Bonchev–Trinajstić information content (AvgIpc) is 2.71. The number of ether oxygens (including phenoxy) is 1.